The summed E-state index contributed by atoms with van der Waals surface area (Å²) in [5.41, 5.74) is 6.50. The number of fused-ring (bicyclic) bond motifs is 1. The molecule has 2 aromatic carbocycles. The van der Waals surface area contributed by atoms with Crippen LogP contribution >= 0.6 is 0 Å². The number of hydrogen-bond acceptors (Lipinski definition) is 3. The van der Waals surface area contributed by atoms with Crippen molar-refractivity contribution in [1.29, 1.82) is 0 Å². The molecule has 2 atom stereocenters. The molecule has 3 aromatic rings. The lowest BCUT2D eigenvalue weighted by Gasteiger charge is -2.20. The van der Waals surface area contributed by atoms with Crippen molar-refractivity contribution in [3.05, 3.63) is 88.5 Å². The summed E-state index contributed by atoms with van der Waals surface area (Å²) >= 11 is 0. The number of benzene rings is 2. The quantitative estimate of drug-likeness (QED) is 0.490. The van der Waals surface area contributed by atoms with Crippen LogP contribution < -0.4 is 10.6 Å². The summed E-state index contributed by atoms with van der Waals surface area (Å²) in [7, 11) is 0. The Labute approximate surface area is 204 Å². The first-order chi connectivity index (χ1) is 17.0. The third kappa shape index (κ3) is 3.65. The number of amides is 2. The van der Waals surface area contributed by atoms with E-state index >= 15 is 0 Å². The van der Waals surface area contributed by atoms with Gasteiger partial charge in [0.25, 0.3) is 0 Å². The second-order valence-electron chi connectivity index (χ2n) is 9.69. The minimum absolute atomic E-state index is 0.130. The molecule has 1 aliphatic heterocycles. The molecule has 0 bridgehead atoms. The Morgan fingerprint density at radius 3 is 2.74 bits per heavy atom. The van der Waals surface area contributed by atoms with Gasteiger partial charge in [-0.05, 0) is 79.6 Å². The first-order valence-corrected chi connectivity index (χ1v) is 12.4. The minimum atomic E-state index is -0.249. The monoisotopic (exact) mass is 472 g/mol. The molecule has 7 heteroatoms. The van der Waals surface area contributed by atoms with Crippen LogP contribution in [0.25, 0.3) is 11.8 Å². The van der Waals surface area contributed by atoms with Crippen LogP contribution in [0, 0.1) is 5.82 Å². The van der Waals surface area contributed by atoms with E-state index in [1.54, 1.807) is 12.1 Å². The van der Waals surface area contributed by atoms with Gasteiger partial charge < -0.3 is 15.4 Å². The molecule has 1 saturated heterocycles. The van der Waals surface area contributed by atoms with Crippen LogP contribution in [0.1, 0.15) is 48.6 Å². The van der Waals surface area contributed by atoms with Gasteiger partial charge in [0.1, 0.15) is 17.0 Å². The first-order valence-electron chi connectivity index (χ1n) is 12.4. The molecule has 3 aliphatic rings. The Hall–Kier alpha value is -3.45. The number of urea groups is 1. The lowest BCUT2D eigenvalue weighted by molar-refractivity contribution is 0.234. The number of rotatable bonds is 7. The maximum atomic E-state index is 13.4. The highest BCUT2D eigenvalue weighted by atomic mass is 19.1. The van der Waals surface area contributed by atoms with Crippen LogP contribution in [0.15, 0.2) is 60.3 Å². The van der Waals surface area contributed by atoms with Gasteiger partial charge >= 0.3 is 6.03 Å². The molecule has 6 rings (SSSR count). The highest BCUT2D eigenvalue weighted by Gasteiger charge is 2.74. The molecule has 6 nitrogen and oxygen atoms in total. The maximum absolute atomic E-state index is 13.4. The average Bonchev–Trinajstić information content (AvgIpc) is 3.14. The van der Waals surface area contributed by atoms with E-state index in [9.17, 15) is 9.18 Å². The third-order valence-electron chi connectivity index (χ3n) is 7.78. The van der Waals surface area contributed by atoms with Gasteiger partial charge in [-0.3, -0.25) is 0 Å². The molecule has 35 heavy (non-hydrogen) atoms. The van der Waals surface area contributed by atoms with Gasteiger partial charge in [0.15, 0.2) is 0 Å². The Morgan fingerprint density at radius 1 is 1.14 bits per heavy atom. The molecule has 2 heterocycles. The summed E-state index contributed by atoms with van der Waals surface area (Å²) < 4.78 is 21.9. The number of nitrogens with zero attached hydrogens (tertiary/aromatic N) is 2. The van der Waals surface area contributed by atoms with E-state index in [1.807, 2.05) is 23.9 Å². The summed E-state index contributed by atoms with van der Waals surface area (Å²) in [4.78, 5) is 11.8. The van der Waals surface area contributed by atoms with Crippen LogP contribution in [0.3, 0.4) is 0 Å². The van der Waals surface area contributed by atoms with Gasteiger partial charge in [0.05, 0.1) is 17.6 Å². The summed E-state index contributed by atoms with van der Waals surface area (Å²) in [5.74, 6) is -0.249. The minimum Gasteiger partial charge on any atom is -0.357 e. The van der Waals surface area contributed by atoms with Gasteiger partial charge in [-0.1, -0.05) is 24.3 Å². The van der Waals surface area contributed by atoms with Crippen LogP contribution in [-0.4, -0.2) is 33.6 Å². The lowest BCUT2D eigenvalue weighted by Crippen LogP contribution is -2.35. The number of hydrogen-bond donors (Lipinski definition) is 2. The fraction of sp³-hybridized carbons (Fsp3) is 0.357. The normalized spacial score (nSPS) is 23.7. The maximum Gasteiger partial charge on any atom is 0.315 e. The third-order valence-corrected chi connectivity index (χ3v) is 7.78. The van der Waals surface area contributed by atoms with Crippen molar-refractivity contribution in [2.24, 2.45) is 0 Å². The topological polar surface area (TPSA) is 71.5 Å². The predicted molar refractivity (Wildman–Crippen MR) is 132 cm³/mol. The number of aryl methyl sites for hydroxylation is 1. The fourth-order valence-electron chi connectivity index (χ4n) is 5.95. The van der Waals surface area contributed by atoms with E-state index in [4.69, 9.17) is 4.74 Å². The van der Waals surface area contributed by atoms with Crippen molar-refractivity contribution in [2.45, 2.75) is 56.8 Å². The van der Waals surface area contributed by atoms with E-state index in [1.165, 1.54) is 28.8 Å². The average molecular weight is 473 g/mol. The molecular weight excluding hydrogens is 443 g/mol. The molecule has 1 unspecified atom stereocenters. The molecule has 2 N–H and O–H groups in total. The summed E-state index contributed by atoms with van der Waals surface area (Å²) in [6.07, 6.45) is 8.90. The van der Waals surface area contributed by atoms with Crippen molar-refractivity contribution < 1.29 is 13.9 Å². The second kappa shape index (κ2) is 8.34. The fourth-order valence-corrected chi connectivity index (χ4v) is 5.95. The number of carbonyl (C=O) groups is 1. The number of carbonyl (C=O) groups excluding carboxylic acids is 1. The molecule has 1 saturated carbocycles. The Bertz CT molecular complexity index is 1310. The Morgan fingerprint density at radius 2 is 1.94 bits per heavy atom. The van der Waals surface area contributed by atoms with Gasteiger partial charge in [-0.15, -0.1) is 0 Å². The molecule has 1 aromatic heterocycles. The van der Waals surface area contributed by atoms with Crippen molar-refractivity contribution in [1.82, 2.24) is 20.4 Å². The van der Waals surface area contributed by atoms with Crippen molar-refractivity contribution >= 4 is 12.1 Å². The molecule has 2 fully saturated rings. The zero-order chi connectivity index (χ0) is 24.0. The van der Waals surface area contributed by atoms with Gasteiger partial charge in [-0.25, -0.2) is 13.9 Å². The van der Waals surface area contributed by atoms with E-state index < -0.39 is 0 Å². The molecule has 2 amide bonds. The first kappa shape index (κ1) is 22.0. The van der Waals surface area contributed by atoms with E-state index in [0.717, 1.165) is 49.0 Å². The summed E-state index contributed by atoms with van der Waals surface area (Å²) in [6.45, 7) is 3.03. The van der Waals surface area contributed by atoms with Crippen LogP contribution in [0.4, 0.5) is 9.18 Å². The summed E-state index contributed by atoms with van der Waals surface area (Å²) in [6, 6.07) is 14.6. The Balaban J connectivity index is 1.18. The van der Waals surface area contributed by atoms with E-state index in [0.29, 0.717) is 13.1 Å². The second-order valence-corrected chi connectivity index (χ2v) is 9.69. The zero-order valence-electron chi connectivity index (χ0n) is 19.8. The van der Waals surface area contributed by atoms with Gasteiger partial charge in [0, 0.05) is 25.1 Å². The number of nitrogens with one attached hydrogen (secondary N) is 2. The molecule has 2 aliphatic carbocycles. The molecule has 0 radical (unpaired) electrons. The highest BCUT2D eigenvalue weighted by Crippen LogP contribution is 2.67. The molecule has 1 spiro atoms. The number of aromatic nitrogens is 2. The lowest BCUT2D eigenvalue weighted by atomic mass is 9.81. The highest BCUT2D eigenvalue weighted by molar-refractivity contribution is 5.73. The van der Waals surface area contributed by atoms with Crippen molar-refractivity contribution in [2.75, 3.05) is 6.54 Å². The summed E-state index contributed by atoms with van der Waals surface area (Å²) in [5, 5.41) is 10.3. The van der Waals surface area contributed by atoms with Crippen molar-refractivity contribution in [3.63, 3.8) is 0 Å². The largest absolute Gasteiger partial charge is 0.357 e. The number of halogens is 1. The van der Waals surface area contributed by atoms with Crippen LogP contribution in [0.2, 0.25) is 0 Å². The van der Waals surface area contributed by atoms with Gasteiger partial charge in [0.2, 0.25) is 0 Å². The van der Waals surface area contributed by atoms with Gasteiger partial charge in [-0.2, -0.15) is 5.10 Å². The van der Waals surface area contributed by atoms with Crippen molar-refractivity contribution in [3.8, 4) is 5.69 Å². The van der Waals surface area contributed by atoms with E-state index in [-0.39, 0.29) is 23.1 Å². The molecule has 180 valence electrons. The smallest absolute Gasteiger partial charge is 0.315 e. The SMILES string of the molecule is CCNC(=O)NCc1ccccc1CC[C@]12CCC3=Cc4c(cnn4-c4ccc(F)cc4)CC31O2. The Kier molecular flexibility index (Phi) is 5.25. The van der Waals surface area contributed by atoms with Crippen LogP contribution in [-0.2, 0) is 24.1 Å². The number of ether oxygens (including phenoxy) is 1. The molecular formula is C28H29FN4O2. The number of epoxide rings is 1. The standard InChI is InChI=1S/C28H29FN4O2/c1-2-30-26(34)31-17-20-6-4-3-5-19(20)11-13-27-14-12-22-15-25-21(16-28(22,27)35-27)18-32-33(25)24-9-7-23(29)8-10-24/h3-10,15,18H,2,11-14,16-17H2,1H3,(H2,30,31,34)/t27-,28?/m0/s1. The zero-order valence-corrected chi connectivity index (χ0v) is 19.8. The van der Waals surface area contributed by atoms with E-state index in [2.05, 4.69) is 40.0 Å². The van der Waals surface area contributed by atoms with Crippen LogP contribution in [0.5, 0.6) is 0 Å². The predicted octanol–water partition coefficient (Wildman–Crippen LogP) is 4.70.